The summed E-state index contributed by atoms with van der Waals surface area (Å²) in [7, 11) is 1.84. The van der Waals surface area contributed by atoms with Crippen molar-refractivity contribution in [3.63, 3.8) is 0 Å². The Bertz CT molecular complexity index is 822. The molecule has 2 heterocycles. The molecule has 5 nitrogen and oxygen atoms in total. The van der Waals surface area contributed by atoms with Gasteiger partial charge in [-0.15, -0.1) is 0 Å². The number of aromatic nitrogens is 1. The van der Waals surface area contributed by atoms with E-state index in [0.29, 0.717) is 29.9 Å². The molecule has 1 aliphatic heterocycles. The van der Waals surface area contributed by atoms with E-state index in [0.717, 1.165) is 50.0 Å². The molecule has 26 heavy (non-hydrogen) atoms. The smallest absolute Gasteiger partial charge is 0.222 e. The average Bonchev–Trinajstić information content (AvgIpc) is 3.14. The Morgan fingerprint density at radius 3 is 2.92 bits per heavy atom. The van der Waals surface area contributed by atoms with E-state index in [4.69, 9.17) is 4.74 Å². The highest BCUT2D eigenvalue weighted by atomic mass is 16.5. The first-order valence-electron chi connectivity index (χ1n) is 9.52. The monoisotopic (exact) mass is 356 g/mol. The number of benzene rings is 1. The van der Waals surface area contributed by atoms with Crippen LogP contribution < -0.4 is 5.43 Å². The standard InChI is InChI=1S/C21H28N2O3/c1-15-17(21(25)18-9-3-4-10-19(18)22-15)11-12-20(24)23(2)13-5-7-16-8-6-14-26-16/h3-4,9-10,16H,5-8,11-14H2,1-2H3,(H,22,25)/t16-/m1/s1. The van der Waals surface area contributed by atoms with Gasteiger partial charge in [0.1, 0.15) is 0 Å². The van der Waals surface area contributed by atoms with Gasteiger partial charge in [-0.25, -0.2) is 0 Å². The number of pyridine rings is 1. The summed E-state index contributed by atoms with van der Waals surface area (Å²) in [5.41, 5.74) is 2.44. The molecule has 3 rings (SSSR count). The van der Waals surface area contributed by atoms with Crippen LogP contribution in [-0.4, -0.2) is 42.1 Å². The van der Waals surface area contributed by atoms with Gasteiger partial charge in [0, 0.05) is 48.8 Å². The van der Waals surface area contributed by atoms with Crippen molar-refractivity contribution in [2.24, 2.45) is 0 Å². The van der Waals surface area contributed by atoms with Crippen molar-refractivity contribution in [2.75, 3.05) is 20.2 Å². The zero-order chi connectivity index (χ0) is 18.5. The fourth-order valence-electron chi connectivity index (χ4n) is 3.68. The van der Waals surface area contributed by atoms with Gasteiger partial charge >= 0.3 is 0 Å². The van der Waals surface area contributed by atoms with Crippen LogP contribution in [0, 0.1) is 6.92 Å². The van der Waals surface area contributed by atoms with Crippen molar-refractivity contribution in [1.82, 2.24) is 9.88 Å². The van der Waals surface area contributed by atoms with E-state index in [2.05, 4.69) is 4.98 Å². The van der Waals surface area contributed by atoms with Crippen LogP contribution in [0.3, 0.4) is 0 Å². The highest BCUT2D eigenvalue weighted by molar-refractivity contribution is 5.80. The lowest BCUT2D eigenvalue weighted by Crippen LogP contribution is -2.29. The molecule has 2 aromatic rings. The Hall–Kier alpha value is -2.14. The molecule has 1 aliphatic rings. The number of nitrogens with zero attached hydrogens (tertiary/aromatic N) is 1. The molecule has 140 valence electrons. The Morgan fingerprint density at radius 1 is 1.35 bits per heavy atom. The van der Waals surface area contributed by atoms with Crippen molar-refractivity contribution >= 4 is 16.8 Å². The summed E-state index contributed by atoms with van der Waals surface area (Å²) >= 11 is 0. The van der Waals surface area contributed by atoms with Crippen molar-refractivity contribution in [3.8, 4) is 0 Å². The van der Waals surface area contributed by atoms with Gasteiger partial charge in [-0.1, -0.05) is 12.1 Å². The largest absolute Gasteiger partial charge is 0.378 e. The summed E-state index contributed by atoms with van der Waals surface area (Å²) in [6.45, 7) is 3.52. The summed E-state index contributed by atoms with van der Waals surface area (Å²) in [5.74, 6) is 0.0873. The highest BCUT2D eigenvalue weighted by Gasteiger charge is 2.17. The number of rotatable bonds is 7. The third-order valence-electron chi connectivity index (χ3n) is 5.28. The van der Waals surface area contributed by atoms with Gasteiger partial charge in [0.15, 0.2) is 5.43 Å². The molecule has 1 aromatic carbocycles. The molecule has 0 aliphatic carbocycles. The van der Waals surface area contributed by atoms with Crippen molar-refractivity contribution in [2.45, 2.75) is 51.6 Å². The molecule has 0 unspecified atom stereocenters. The number of carbonyl (C=O) groups is 1. The first-order chi connectivity index (χ1) is 12.6. The van der Waals surface area contributed by atoms with Gasteiger partial charge in [-0.2, -0.15) is 0 Å². The second-order valence-electron chi connectivity index (χ2n) is 7.20. The van der Waals surface area contributed by atoms with Crippen LogP contribution >= 0.6 is 0 Å². The molecule has 1 saturated heterocycles. The molecule has 0 spiro atoms. The normalized spacial score (nSPS) is 16.9. The first-order valence-corrected chi connectivity index (χ1v) is 9.52. The van der Waals surface area contributed by atoms with E-state index in [1.54, 1.807) is 4.90 Å². The second-order valence-corrected chi connectivity index (χ2v) is 7.20. The molecular formula is C21H28N2O3. The minimum atomic E-state index is 0.0330. The lowest BCUT2D eigenvalue weighted by atomic mass is 10.0. The number of amides is 1. The molecule has 0 bridgehead atoms. The number of carbonyl (C=O) groups excluding carboxylic acids is 1. The number of hydrogen-bond donors (Lipinski definition) is 1. The number of aromatic amines is 1. The van der Waals surface area contributed by atoms with Crippen molar-refractivity contribution in [1.29, 1.82) is 0 Å². The van der Waals surface area contributed by atoms with Crippen LogP contribution in [0.25, 0.3) is 10.9 Å². The molecule has 1 aromatic heterocycles. The maximum absolute atomic E-state index is 12.7. The first kappa shape index (κ1) is 18.6. The zero-order valence-electron chi connectivity index (χ0n) is 15.7. The zero-order valence-corrected chi connectivity index (χ0v) is 15.7. The molecule has 1 atom stereocenters. The van der Waals surface area contributed by atoms with E-state index in [-0.39, 0.29) is 11.3 Å². The summed E-state index contributed by atoms with van der Waals surface area (Å²) in [6, 6.07) is 7.51. The quantitative estimate of drug-likeness (QED) is 0.829. The number of nitrogens with one attached hydrogen (secondary N) is 1. The number of H-pyrrole nitrogens is 1. The van der Waals surface area contributed by atoms with E-state index >= 15 is 0 Å². The molecule has 1 amide bonds. The predicted octanol–water partition coefficient (Wildman–Crippen LogP) is 3.19. The Kier molecular flexibility index (Phi) is 6.09. The van der Waals surface area contributed by atoms with Gasteiger partial charge in [0.25, 0.3) is 0 Å². The second kappa shape index (κ2) is 8.49. The summed E-state index contributed by atoms with van der Waals surface area (Å²) in [6.07, 6.45) is 5.47. The summed E-state index contributed by atoms with van der Waals surface area (Å²) in [4.78, 5) is 30.2. The van der Waals surface area contributed by atoms with Gasteiger partial charge < -0.3 is 14.6 Å². The Morgan fingerprint density at radius 2 is 2.15 bits per heavy atom. The molecule has 1 fully saturated rings. The molecule has 0 radical (unpaired) electrons. The Balaban J connectivity index is 1.55. The van der Waals surface area contributed by atoms with E-state index < -0.39 is 0 Å². The van der Waals surface area contributed by atoms with Crippen LogP contribution in [0.1, 0.15) is 43.4 Å². The lowest BCUT2D eigenvalue weighted by Gasteiger charge is -2.18. The SMILES string of the molecule is Cc1[nH]c2ccccc2c(=O)c1CCC(=O)N(C)CCC[C@@H]1CCCO1. The number of para-hydroxylation sites is 1. The molecule has 1 N–H and O–H groups in total. The van der Waals surface area contributed by atoms with Crippen LogP contribution in [-0.2, 0) is 16.0 Å². The average molecular weight is 356 g/mol. The summed E-state index contributed by atoms with van der Waals surface area (Å²) < 4.78 is 5.62. The highest BCUT2D eigenvalue weighted by Crippen LogP contribution is 2.17. The van der Waals surface area contributed by atoms with Gasteiger partial charge in [0.05, 0.1) is 6.10 Å². The maximum Gasteiger partial charge on any atom is 0.222 e. The van der Waals surface area contributed by atoms with E-state index in [9.17, 15) is 9.59 Å². The molecular weight excluding hydrogens is 328 g/mol. The summed E-state index contributed by atoms with van der Waals surface area (Å²) in [5, 5.41) is 0.686. The number of fused-ring (bicyclic) bond motifs is 1. The van der Waals surface area contributed by atoms with Crippen LogP contribution in [0.2, 0.25) is 0 Å². The molecule has 0 saturated carbocycles. The molecule has 5 heteroatoms. The maximum atomic E-state index is 12.7. The van der Waals surface area contributed by atoms with Crippen molar-refractivity contribution in [3.05, 3.63) is 45.7 Å². The third-order valence-corrected chi connectivity index (χ3v) is 5.28. The number of aryl methyl sites for hydroxylation is 1. The van der Waals surface area contributed by atoms with Gasteiger partial charge in [-0.3, -0.25) is 9.59 Å². The Labute approximate surface area is 154 Å². The minimum Gasteiger partial charge on any atom is -0.378 e. The predicted molar refractivity (Wildman–Crippen MR) is 103 cm³/mol. The van der Waals surface area contributed by atoms with Crippen LogP contribution in [0.15, 0.2) is 29.1 Å². The minimum absolute atomic E-state index is 0.0330. The topological polar surface area (TPSA) is 62.4 Å². The van der Waals surface area contributed by atoms with Gasteiger partial charge in [0.2, 0.25) is 5.91 Å². The van der Waals surface area contributed by atoms with Crippen LogP contribution in [0.4, 0.5) is 0 Å². The van der Waals surface area contributed by atoms with Gasteiger partial charge in [-0.05, 0) is 51.2 Å². The fraction of sp³-hybridized carbons (Fsp3) is 0.524. The van der Waals surface area contributed by atoms with Crippen molar-refractivity contribution < 1.29 is 9.53 Å². The third kappa shape index (κ3) is 4.33. The van der Waals surface area contributed by atoms with E-state index in [1.807, 2.05) is 38.2 Å². The fourth-order valence-corrected chi connectivity index (χ4v) is 3.68. The number of hydrogen-bond acceptors (Lipinski definition) is 3. The van der Waals surface area contributed by atoms with E-state index in [1.165, 1.54) is 0 Å². The lowest BCUT2D eigenvalue weighted by molar-refractivity contribution is -0.130. The number of ether oxygens (including phenoxy) is 1. The van der Waals surface area contributed by atoms with Crippen LogP contribution in [0.5, 0.6) is 0 Å².